The molecule has 1 saturated heterocycles. The van der Waals surface area contributed by atoms with Crippen molar-refractivity contribution in [2.24, 2.45) is 5.41 Å². The van der Waals surface area contributed by atoms with E-state index in [9.17, 15) is 4.79 Å². The van der Waals surface area contributed by atoms with E-state index in [-0.39, 0.29) is 11.9 Å². The van der Waals surface area contributed by atoms with Gasteiger partial charge in [0.15, 0.2) is 0 Å². The quantitative estimate of drug-likeness (QED) is 0.801. The summed E-state index contributed by atoms with van der Waals surface area (Å²) in [7, 11) is 3.58. The van der Waals surface area contributed by atoms with Gasteiger partial charge in [-0.05, 0) is 43.9 Å². The molecular formula is C19H23NO2. The number of amides is 1. The maximum absolute atomic E-state index is 13.0. The van der Waals surface area contributed by atoms with Gasteiger partial charge in [0.2, 0.25) is 5.91 Å². The lowest BCUT2D eigenvalue weighted by Crippen LogP contribution is -2.52. The summed E-state index contributed by atoms with van der Waals surface area (Å²) in [5.41, 5.74) is 1.95. The molecule has 1 aromatic rings. The Hall–Kier alpha value is -2.03. The summed E-state index contributed by atoms with van der Waals surface area (Å²) in [6.45, 7) is 2.12. The number of ether oxygens (including phenoxy) is 1. The number of carbonyl (C=O) groups is 1. The van der Waals surface area contributed by atoms with Gasteiger partial charge in [0.05, 0.1) is 12.5 Å². The number of methoxy groups -OCH3 is 1. The van der Waals surface area contributed by atoms with Gasteiger partial charge in [-0.1, -0.05) is 35.9 Å². The van der Waals surface area contributed by atoms with Crippen LogP contribution in [0.3, 0.4) is 0 Å². The summed E-state index contributed by atoms with van der Waals surface area (Å²) in [5.74, 6) is 1.06. The predicted octanol–water partition coefficient (Wildman–Crippen LogP) is 3.36. The molecule has 3 heteroatoms. The van der Waals surface area contributed by atoms with Crippen molar-refractivity contribution in [2.45, 2.75) is 32.2 Å². The summed E-state index contributed by atoms with van der Waals surface area (Å²) in [5, 5.41) is 0. The van der Waals surface area contributed by atoms with Crippen LogP contribution in [0.5, 0.6) is 5.75 Å². The van der Waals surface area contributed by atoms with Crippen LogP contribution >= 0.6 is 0 Å². The Bertz CT molecular complexity index is 629. The molecule has 1 heterocycles. The first-order valence-corrected chi connectivity index (χ1v) is 7.84. The Labute approximate surface area is 132 Å². The highest BCUT2D eigenvalue weighted by molar-refractivity contribution is 5.90. The van der Waals surface area contributed by atoms with E-state index in [0.29, 0.717) is 0 Å². The SMILES string of the molecule is COc1ccc(C[C@@]23C=CCC=C2C[C@H](C)N(C)C3=O)cc1. The lowest BCUT2D eigenvalue weighted by molar-refractivity contribution is -0.140. The number of benzene rings is 1. The van der Waals surface area contributed by atoms with E-state index in [4.69, 9.17) is 4.74 Å². The summed E-state index contributed by atoms with van der Waals surface area (Å²) in [6, 6.07) is 8.30. The van der Waals surface area contributed by atoms with Crippen LogP contribution in [0.2, 0.25) is 0 Å². The molecule has 1 amide bonds. The largest absolute Gasteiger partial charge is 0.497 e. The van der Waals surface area contributed by atoms with E-state index in [0.717, 1.165) is 30.6 Å². The molecule has 0 aromatic heterocycles. The number of rotatable bonds is 3. The average molecular weight is 297 g/mol. The van der Waals surface area contributed by atoms with Crippen molar-refractivity contribution in [3.05, 3.63) is 53.6 Å². The number of hydrogen-bond acceptors (Lipinski definition) is 2. The second kappa shape index (κ2) is 5.64. The van der Waals surface area contributed by atoms with Gasteiger partial charge < -0.3 is 9.64 Å². The Kier molecular flexibility index (Phi) is 3.81. The van der Waals surface area contributed by atoms with Gasteiger partial charge in [-0.3, -0.25) is 4.79 Å². The molecule has 3 nitrogen and oxygen atoms in total. The van der Waals surface area contributed by atoms with Gasteiger partial charge in [-0.25, -0.2) is 0 Å². The summed E-state index contributed by atoms with van der Waals surface area (Å²) < 4.78 is 5.22. The zero-order chi connectivity index (χ0) is 15.7. The Morgan fingerprint density at radius 1 is 1.32 bits per heavy atom. The van der Waals surface area contributed by atoms with Crippen LogP contribution in [0.25, 0.3) is 0 Å². The molecule has 22 heavy (non-hydrogen) atoms. The fraction of sp³-hybridized carbons (Fsp3) is 0.421. The normalized spacial score (nSPS) is 27.4. The van der Waals surface area contributed by atoms with Gasteiger partial charge in [-0.2, -0.15) is 0 Å². The van der Waals surface area contributed by atoms with Crippen LogP contribution in [0.4, 0.5) is 0 Å². The molecule has 3 rings (SSSR count). The summed E-state index contributed by atoms with van der Waals surface area (Å²) in [6.07, 6.45) is 9.10. The fourth-order valence-electron chi connectivity index (χ4n) is 3.53. The maximum atomic E-state index is 13.0. The molecule has 0 bridgehead atoms. The third-order valence-electron chi connectivity index (χ3n) is 5.00. The predicted molar refractivity (Wildman–Crippen MR) is 87.8 cm³/mol. The van der Waals surface area contributed by atoms with Gasteiger partial charge in [0.1, 0.15) is 5.75 Å². The fourth-order valence-corrected chi connectivity index (χ4v) is 3.53. The van der Waals surface area contributed by atoms with E-state index < -0.39 is 5.41 Å². The van der Waals surface area contributed by atoms with Crippen LogP contribution in [-0.4, -0.2) is 31.0 Å². The van der Waals surface area contributed by atoms with Crippen molar-refractivity contribution in [3.8, 4) is 5.75 Å². The first kappa shape index (κ1) is 14.9. The van der Waals surface area contributed by atoms with E-state index in [2.05, 4.69) is 37.3 Å². The minimum absolute atomic E-state index is 0.212. The monoisotopic (exact) mass is 297 g/mol. The number of likely N-dealkylation sites (tertiary alicyclic amines) is 1. The average Bonchev–Trinajstić information content (AvgIpc) is 2.55. The minimum atomic E-state index is -0.492. The standard InChI is InChI=1S/C19H23NO2/c1-14-12-16-6-4-5-11-19(16,18(21)20(14)2)13-15-7-9-17(22-3)10-8-15/h5-11,14H,4,12-13H2,1-3H3/t14-,19-/m0/s1. The van der Waals surface area contributed by atoms with Crippen molar-refractivity contribution in [1.29, 1.82) is 0 Å². The van der Waals surface area contributed by atoms with E-state index in [1.807, 2.05) is 24.1 Å². The molecule has 116 valence electrons. The molecule has 0 saturated carbocycles. The number of allylic oxidation sites excluding steroid dienone is 2. The molecular weight excluding hydrogens is 274 g/mol. The van der Waals surface area contributed by atoms with Gasteiger partial charge >= 0.3 is 0 Å². The number of nitrogens with zero attached hydrogens (tertiary/aromatic N) is 1. The van der Waals surface area contributed by atoms with Gasteiger partial charge in [0, 0.05) is 13.1 Å². The first-order chi connectivity index (χ1) is 10.6. The maximum Gasteiger partial charge on any atom is 0.237 e. The lowest BCUT2D eigenvalue weighted by Gasteiger charge is -2.45. The molecule has 0 N–H and O–H groups in total. The molecule has 1 fully saturated rings. The topological polar surface area (TPSA) is 29.5 Å². The first-order valence-electron chi connectivity index (χ1n) is 7.84. The lowest BCUT2D eigenvalue weighted by atomic mass is 9.67. The molecule has 0 spiro atoms. The Balaban J connectivity index is 1.96. The number of hydrogen-bond donors (Lipinski definition) is 0. The van der Waals surface area contributed by atoms with E-state index >= 15 is 0 Å². The summed E-state index contributed by atoms with van der Waals surface area (Å²) >= 11 is 0. The second-order valence-electron chi connectivity index (χ2n) is 6.33. The van der Waals surface area contributed by atoms with Gasteiger partial charge in [-0.15, -0.1) is 0 Å². The van der Waals surface area contributed by atoms with Crippen molar-refractivity contribution >= 4 is 5.91 Å². The van der Waals surface area contributed by atoms with Crippen molar-refractivity contribution in [3.63, 3.8) is 0 Å². The highest BCUT2D eigenvalue weighted by Gasteiger charge is 2.47. The Morgan fingerprint density at radius 3 is 2.73 bits per heavy atom. The van der Waals surface area contributed by atoms with Gasteiger partial charge in [0.25, 0.3) is 0 Å². The number of piperidine rings is 1. The van der Waals surface area contributed by atoms with Crippen LogP contribution < -0.4 is 4.74 Å². The van der Waals surface area contributed by atoms with E-state index in [1.165, 1.54) is 5.57 Å². The molecule has 1 aromatic carbocycles. The second-order valence-corrected chi connectivity index (χ2v) is 6.33. The minimum Gasteiger partial charge on any atom is -0.497 e. The highest BCUT2D eigenvalue weighted by atomic mass is 16.5. The number of fused-ring (bicyclic) bond motifs is 1. The highest BCUT2D eigenvalue weighted by Crippen LogP contribution is 2.44. The number of carbonyl (C=O) groups excluding carboxylic acids is 1. The smallest absolute Gasteiger partial charge is 0.237 e. The zero-order valence-electron chi connectivity index (χ0n) is 13.5. The molecule has 1 aliphatic heterocycles. The molecule has 2 aliphatic rings. The van der Waals surface area contributed by atoms with Crippen molar-refractivity contribution in [2.75, 3.05) is 14.2 Å². The van der Waals surface area contributed by atoms with Crippen LogP contribution in [0, 0.1) is 5.41 Å². The van der Waals surface area contributed by atoms with Crippen molar-refractivity contribution < 1.29 is 9.53 Å². The van der Waals surface area contributed by atoms with Crippen LogP contribution in [0.1, 0.15) is 25.3 Å². The zero-order valence-corrected chi connectivity index (χ0v) is 13.5. The third kappa shape index (κ3) is 2.35. The third-order valence-corrected chi connectivity index (χ3v) is 5.00. The van der Waals surface area contributed by atoms with Crippen molar-refractivity contribution in [1.82, 2.24) is 4.90 Å². The molecule has 2 atom stereocenters. The summed E-state index contributed by atoms with van der Waals surface area (Å²) in [4.78, 5) is 14.9. The van der Waals surface area contributed by atoms with Crippen LogP contribution in [0.15, 0.2) is 48.1 Å². The molecule has 1 aliphatic carbocycles. The Morgan fingerprint density at radius 2 is 2.05 bits per heavy atom. The molecule has 0 unspecified atom stereocenters. The molecule has 0 radical (unpaired) electrons. The van der Waals surface area contributed by atoms with Crippen LogP contribution in [-0.2, 0) is 11.2 Å². The van der Waals surface area contributed by atoms with E-state index in [1.54, 1.807) is 7.11 Å².